The third kappa shape index (κ3) is 5.80. The van der Waals surface area contributed by atoms with Gasteiger partial charge < -0.3 is 10.1 Å². The molecule has 0 saturated carbocycles. The summed E-state index contributed by atoms with van der Waals surface area (Å²) in [6.07, 6.45) is 0. The van der Waals surface area contributed by atoms with Crippen molar-refractivity contribution in [2.75, 3.05) is 18.5 Å². The molecule has 0 aliphatic heterocycles. The summed E-state index contributed by atoms with van der Waals surface area (Å²) in [4.78, 5) is 23.2. The van der Waals surface area contributed by atoms with Crippen molar-refractivity contribution < 1.29 is 27.1 Å². The molecule has 0 aromatic heterocycles. The first-order valence-electron chi connectivity index (χ1n) is 7.23. The number of esters is 1. The molecule has 0 radical (unpaired) electrons. The molecule has 10 heteroatoms. The summed E-state index contributed by atoms with van der Waals surface area (Å²) in [5, 5.41) is 2.41. The predicted octanol–water partition coefficient (Wildman–Crippen LogP) is 1.94. The van der Waals surface area contributed by atoms with E-state index in [1.807, 2.05) is 0 Å². The molecule has 1 amide bonds. The van der Waals surface area contributed by atoms with Crippen molar-refractivity contribution >= 4 is 39.2 Å². The van der Waals surface area contributed by atoms with Crippen LogP contribution in [0.3, 0.4) is 0 Å². The van der Waals surface area contributed by atoms with Gasteiger partial charge in [0.25, 0.3) is 5.91 Å². The lowest BCUT2D eigenvalue weighted by atomic mass is 10.3. The van der Waals surface area contributed by atoms with Crippen molar-refractivity contribution in [3.63, 3.8) is 0 Å². The zero-order chi connectivity index (χ0) is 19.2. The van der Waals surface area contributed by atoms with Gasteiger partial charge in [0.05, 0.1) is 10.6 Å². The Bertz CT molecular complexity index is 906. The fourth-order valence-electron chi connectivity index (χ4n) is 1.81. The lowest BCUT2D eigenvalue weighted by molar-refractivity contribution is -0.146. The van der Waals surface area contributed by atoms with Crippen molar-refractivity contribution in [1.29, 1.82) is 0 Å². The Balaban J connectivity index is 1.81. The Kier molecular flexibility index (Phi) is 6.67. The molecule has 0 atom stereocenters. The second-order valence-electron chi connectivity index (χ2n) is 4.97. The zero-order valence-electron chi connectivity index (χ0n) is 13.2. The molecule has 2 rings (SSSR count). The Morgan fingerprint density at radius 2 is 1.81 bits per heavy atom. The van der Waals surface area contributed by atoms with E-state index in [1.54, 1.807) is 6.07 Å². The summed E-state index contributed by atoms with van der Waals surface area (Å²) >= 11 is 5.69. The number of carbonyl (C=O) groups excluding carboxylic acids is 2. The van der Waals surface area contributed by atoms with Crippen LogP contribution in [0.1, 0.15) is 0 Å². The maximum Gasteiger partial charge on any atom is 0.321 e. The molecular formula is C16H14ClFN2O5S. The fourth-order valence-corrected chi connectivity index (χ4v) is 2.98. The van der Waals surface area contributed by atoms with Gasteiger partial charge in [0, 0.05) is 5.02 Å². The number of rotatable bonds is 7. The third-order valence-corrected chi connectivity index (χ3v) is 4.68. The van der Waals surface area contributed by atoms with Crippen molar-refractivity contribution in [2.45, 2.75) is 4.90 Å². The number of hydrogen-bond acceptors (Lipinski definition) is 5. The Morgan fingerprint density at radius 1 is 1.12 bits per heavy atom. The molecule has 26 heavy (non-hydrogen) atoms. The van der Waals surface area contributed by atoms with Gasteiger partial charge in [-0.05, 0) is 30.3 Å². The minimum atomic E-state index is -3.87. The molecule has 138 valence electrons. The second-order valence-corrected chi connectivity index (χ2v) is 7.17. The van der Waals surface area contributed by atoms with Crippen molar-refractivity contribution in [1.82, 2.24) is 4.72 Å². The van der Waals surface area contributed by atoms with Gasteiger partial charge in [-0.1, -0.05) is 29.8 Å². The summed E-state index contributed by atoms with van der Waals surface area (Å²) in [5.74, 6) is -2.47. The highest BCUT2D eigenvalue weighted by Crippen LogP contribution is 2.19. The molecule has 0 heterocycles. The normalized spacial score (nSPS) is 11.0. The Morgan fingerprint density at radius 3 is 2.50 bits per heavy atom. The van der Waals surface area contributed by atoms with Gasteiger partial charge >= 0.3 is 5.97 Å². The van der Waals surface area contributed by atoms with Crippen LogP contribution in [-0.4, -0.2) is 33.4 Å². The van der Waals surface area contributed by atoms with Crippen LogP contribution in [0.4, 0.5) is 10.1 Å². The predicted molar refractivity (Wildman–Crippen MR) is 92.6 cm³/mol. The monoisotopic (exact) mass is 400 g/mol. The highest BCUT2D eigenvalue weighted by molar-refractivity contribution is 7.89. The molecule has 2 aromatic rings. The average molecular weight is 401 g/mol. The number of anilines is 1. The first kappa shape index (κ1) is 19.8. The largest absolute Gasteiger partial charge is 0.455 e. The number of sulfonamides is 1. The quantitative estimate of drug-likeness (QED) is 0.691. The smallest absolute Gasteiger partial charge is 0.321 e. The summed E-state index contributed by atoms with van der Waals surface area (Å²) in [5.41, 5.74) is -0.164. The van der Waals surface area contributed by atoms with E-state index in [9.17, 15) is 22.4 Å². The topological polar surface area (TPSA) is 102 Å². The minimum absolute atomic E-state index is 0.0121. The van der Waals surface area contributed by atoms with Gasteiger partial charge in [-0.2, -0.15) is 4.72 Å². The van der Waals surface area contributed by atoms with E-state index in [0.717, 1.165) is 6.07 Å². The van der Waals surface area contributed by atoms with Gasteiger partial charge in [-0.15, -0.1) is 0 Å². The molecule has 7 nitrogen and oxygen atoms in total. The highest BCUT2D eigenvalue weighted by atomic mass is 35.5. The second kappa shape index (κ2) is 8.75. The molecule has 0 aliphatic carbocycles. The Hall–Kier alpha value is -2.49. The molecule has 0 saturated heterocycles. The number of ether oxygens (including phenoxy) is 1. The van der Waals surface area contributed by atoms with E-state index < -0.39 is 40.9 Å². The van der Waals surface area contributed by atoms with E-state index in [2.05, 4.69) is 14.8 Å². The standard InChI is InChI=1S/C16H14ClFN2O5S/c17-11-6-7-13(18)14(8-11)20-15(21)10-25-16(22)9-19-26(23,24)12-4-2-1-3-5-12/h1-8,19H,9-10H2,(H,20,21). The van der Waals surface area contributed by atoms with Gasteiger partial charge in [-0.25, -0.2) is 12.8 Å². The number of amides is 1. The van der Waals surface area contributed by atoms with Crippen molar-refractivity contribution in [3.8, 4) is 0 Å². The van der Waals surface area contributed by atoms with Gasteiger partial charge in [0.1, 0.15) is 12.4 Å². The van der Waals surface area contributed by atoms with Crippen LogP contribution < -0.4 is 10.0 Å². The number of benzene rings is 2. The van der Waals surface area contributed by atoms with Gasteiger partial charge in [-0.3, -0.25) is 9.59 Å². The van der Waals surface area contributed by atoms with Crippen LogP contribution in [0, 0.1) is 5.82 Å². The maximum atomic E-state index is 13.5. The van der Waals surface area contributed by atoms with E-state index >= 15 is 0 Å². The van der Waals surface area contributed by atoms with E-state index in [0.29, 0.717) is 0 Å². The van der Waals surface area contributed by atoms with E-state index in [4.69, 9.17) is 11.6 Å². The minimum Gasteiger partial charge on any atom is -0.455 e. The van der Waals surface area contributed by atoms with Crippen LogP contribution in [-0.2, 0) is 24.3 Å². The number of halogens is 2. The van der Waals surface area contributed by atoms with Crippen LogP contribution in [0.15, 0.2) is 53.4 Å². The molecular weight excluding hydrogens is 387 g/mol. The lowest BCUT2D eigenvalue weighted by Crippen LogP contribution is -2.32. The SMILES string of the molecule is O=C(COC(=O)CNS(=O)(=O)c1ccccc1)Nc1cc(Cl)ccc1F. The number of carbonyl (C=O) groups is 2. The average Bonchev–Trinajstić information content (AvgIpc) is 2.62. The van der Waals surface area contributed by atoms with Crippen LogP contribution in [0.25, 0.3) is 0 Å². The lowest BCUT2D eigenvalue weighted by Gasteiger charge is -2.09. The molecule has 0 fully saturated rings. The maximum absolute atomic E-state index is 13.5. The first-order chi connectivity index (χ1) is 12.3. The summed E-state index contributed by atoms with van der Waals surface area (Å²) in [6.45, 7) is -1.37. The third-order valence-electron chi connectivity index (χ3n) is 3.03. The van der Waals surface area contributed by atoms with Gasteiger partial charge in [0.15, 0.2) is 6.61 Å². The van der Waals surface area contributed by atoms with Crippen molar-refractivity contribution in [2.24, 2.45) is 0 Å². The highest BCUT2D eigenvalue weighted by Gasteiger charge is 2.16. The summed E-state index contributed by atoms with van der Waals surface area (Å²) in [6, 6.07) is 11.0. The molecule has 2 aromatic carbocycles. The van der Waals surface area contributed by atoms with Gasteiger partial charge in [0.2, 0.25) is 10.0 Å². The first-order valence-corrected chi connectivity index (χ1v) is 9.09. The fraction of sp³-hybridized carbons (Fsp3) is 0.125. The van der Waals surface area contributed by atoms with E-state index in [1.165, 1.54) is 36.4 Å². The van der Waals surface area contributed by atoms with Crippen LogP contribution in [0.5, 0.6) is 0 Å². The number of nitrogens with one attached hydrogen (secondary N) is 2. The molecule has 2 N–H and O–H groups in total. The molecule has 0 spiro atoms. The van der Waals surface area contributed by atoms with Crippen LogP contribution >= 0.6 is 11.6 Å². The molecule has 0 aliphatic rings. The zero-order valence-corrected chi connectivity index (χ0v) is 14.8. The van der Waals surface area contributed by atoms with E-state index in [-0.39, 0.29) is 15.6 Å². The molecule has 0 bridgehead atoms. The van der Waals surface area contributed by atoms with Crippen molar-refractivity contribution in [3.05, 3.63) is 59.4 Å². The summed E-state index contributed by atoms with van der Waals surface area (Å²) < 4.78 is 44.0. The molecule has 0 unspecified atom stereocenters. The van der Waals surface area contributed by atoms with Crippen LogP contribution in [0.2, 0.25) is 5.02 Å². The Labute approximate surface area is 154 Å². The number of hydrogen-bond donors (Lipinski definition) is 2. The summed E-state index contributed by atoms with van der Waals surface area (Å²) in [7, 11) is -3.87.